The van der Waals surface area contributed by atoms with Gasteiger partial charge in [-0.3, -0.25) is 5.10 Å². The van der Waals surface area contributed by atoms with Crippen molar-refractivity contribution < 1.29 is 8.42 Å². The number of aromatic amines is 1. The number of thiocarbonyl (C=S) groups is 1. The molecule has 0 atom stereocenters. The van der Waals surface area contributed by atoms with E-state index in [0.29, 0.717) is 24.2 Å². The number of likely N-dealkylation sites (tertiary alicyclic amines) is 1. The maximum atomic E-state index is 12.7. The molecule has 118 valence electrons. The summed E-state index contributed by atoms with van der Waals surface area (Å²) in [5.41, 5.74) is 5.92. The van der Waals surface area contributed by atoms with Gasteiger partial charge < -0.3 is 10.6 Å². The summed E-state index contributed by atoms with van der Waals surface area (Å²) in [5.74, 6) is 0. The first-order valence-corrected chi connectivity index (χ1v) is 8.61. The van der Waals surface area contributed by atoms with Crippen molar-refractivity contribution in [2.75, 3.05) is 20.1 Å². The van der Waals surface area contributed by atoms with Crippen molar-refractivity contribution in [3.05, 3.63) is 11.4 Å². The third-order valence-corrected chi connectivity index (χ3v) is 6.16. The van der Waals surface area contributed by atoms with Crippen LogP contribution in [0.2, 0.25) is 0 Å². The first-order chi connectivity index (χ1) is 9.68. The summed E-state index contributed by atoms with van der Waals surface area (Å²) in [5, 5.41) is 6.63. The molecule has 7 nitrogen and oxygen atoms in total. The summed E-state index contributed by atoms with van der Waals surface area (Å²) in [7, 11) is -1.74. The van der Waals surface area contributed by atoms with E-state index in [1.807, 2.05) is 7.05 Å². The Bertz CT molecular complexity index is 625. The van der Waals surface area contributed by atoms with E-state index in [-0.39, 0.29) is 9.88 Å². The van der Waals surface area contributed by atoms with E-state index in [0.717, 1.165) is 13.1 Å². The lowest BCUT2D eigenvalue weighted by molar-refractivity contribution is 0.220. The fraction of sp³-hybridized carbons (Fsp3) is 0.667. The van der Waals surface area contributed by atoms with Crippen LogP contribution in [0.5, 0.6) is 0 Å². The van der Waals surface area contributed by atoms with Crippen molar-refractivity contribution in [3.8, 4) is 0 Å². The molecule has 0 saturated carbocycles. The Morgan fingerprint density at radius 2 is 2.00 bits per heavy atom. The van der Waals surface area contributed by atoms with E-state index >= 15 is 0 Å². The highest BCUT2D eigenvalue weighted by molar-refractivity contribution is 7.89. The molecule has 0 aliphatic carbocycles. The molecule has 1 fully saturated rings. The summed E-state index contributed by atoms with van der Waals surface area (Å²) in [4.78, 5) is 2.49. The Balaban J connectivity index is 2.35. The van der Waals surface area contributed by atoms with Gasteiger partial charge in [0.25, 0.3) is 0 Å². The fourth-order valence-corrected chi connectivity index (χ4v) is 4.78. The van der Waals surface area contributed by atoms with Gasteiger partial charge in [-0.05, 0) is 33.7 Å². The van der Waals surface area contributed by atoms with Crippen LogP contribution in [0.1, 0.15) is 24.2 Å². The smallest absolute Gasteiger partial charge is 0.245 e. The van der Waals surface area contributed by atoms with E-state index in [4.69, 9.17) is 18.0 Å². The third-order valence-electron chi connectivity index (χ3n) is 3.97. The van der Waals surface area contributed by atoms with Crippen LogP contribution < -0.4 is 10.5 Å². The molecule has 0 spiro atoms. The van der Waals surface area contributed by atoms with Crippen LogP contribution in [-0.2, 0) is 10.0 Å². The second kappa shape index (κ2) is 5.64. The number of nitrogens with one attached hydrogen (secondary N) is 2. The molecule has 4 N–H and O–H groups in total. The summed E-state index contributed by atoms with van der Waals surface area (Å²) >= 11 is 5.14. The molecular weight excluding hydrogens is 310 g/mol. The topological polar surface area (TPSA) is 104 Å². The van der Waals surface area contributed by atoms with Gasteiger partial charge >= 0.3 is 0 Å². The van der Waals surface area contributed by atoms with Crippen LogP contribution in [0.4, 0.5) is 0 Å². The van der Waals surface area contributed by atoms with Gasteiger partial charge in [0.05, 0.1) is 21.9 Å². The van der Waals surface area contributed by atoms with Gasteiger partial charge in [0.2, 0.25) is 10.0 Å². The number of rotatable bonds is 4. The number of sulfonamides is 1. The second-order valence-electron chi connectivity index (χ2n) is 5.62. The quantitative estimate of drug-likeness (QED) is 0.674. The number of piperidine rings is 1. The largest absolute Gasteiger partial charge is 0.392 e. The molecule has 0 amide bonds. The molecule has 2 heterocycles. The molecule has 0 aromatic carbocycles. The zero-order valence-electron chi connectivity index (χ0n) is 12.4. The SMILES string of the molecule is Cc1n[nH]c(C)c1S(=O)(=O)NC1(C(N)=S)CCN(C)CC1. The maximum Gasteiger partial charge on any atom is 0.245 e. The average Bonchev–Trinajstić information content (AvgIpc) is 2.72. The molecule has 9 heteroatoms. The number of hydrogen-bond donors (Lipinski definition) is 3. The summed E-state index contributed by atoms with van der Waals surface area (Å²) < 4.78 is 28.1. The lowest BCUT2D eigenvalue weighted by Crippen LogP contribution is -2.61. The maximum absolute atomic E-state index is 12.7. The minimum absolute atomic E-state index is 0.178. The molecule has 0 radical (unpaired) electrons. The minimum atomic E-state index is -3.73. The van der Waals surface area contributed by atoms with Crippen LogP contribution >= 0.6 is 12.2 Å². The van der Waals surface area contributed by atoms with Crippen molar-refractivity contribution in [3.63, 3.8) is 0 Å². The highest BCUT2D eigenvalue weighted by Gasteiger charge is 2.41. The monoisotopic (exact) mass is 331 g/mol. The molecule has 2 rings (SSSR count). The highest BCUT2D eigenvalue weighted by atomic mass is 32.2. The first kappa shape index (κ1) is 16.3. The predicted molar refractivity (Wildman–Crippen MR) is 84.6 cm³/mol. The first-order valence-electron chi connectivity index (χ1n) is 6.72. The van der Waals surface area contributed by atoms with Gasteiger partial charge in [0.1, 0.15) is 4.90 Å². The van der Waals surface area contributed by atoms with Crippen LogP contribution in [0.3, 0.4) is 0 Å². The highest BCUT2D eigenvalue weighted by Crippen LogP contribution is 2.26. The number of H-pyrrole nitrogens is 1. The van der Waals surface area contributed by atoms with Crippen molar-refractivity contribution in [1.82, 2.24) is 19.8 Å². The van der Waals surface area contributed by atoms with Crippen molar-refractivity contribution in [1.29, 1.82) is 0 Å². The summed E-state index contributed by atoms with van der Waals surface area (Å²) in [6.07, 6.45) is 1.13. The van der Waals surface area contributed by atoms with Crippen LogP contribution in [0.25, 0.3) is 0 Å². The summed E-state index contributed by atoms with van der Waals surface area (Å²) in [6, 6.07) is 0. The molecule has 0 bridgehead atoms. The third kappa shape index (κ3) is 3.10. The van der Waals surface area contributed by atoms with Gasteiger partial charge in [0, 0.05) is 13.1 Å². The van der Waals surface area contributed by atoms with E-state index in [1.165, 1.54) is 0 Å². The molecule has 0 unspecified atom stereocenters. The minimum Gasteiger partial charge on any atom is -0.392 e. The lowest BCUT2D eigenvalue weighted by atomic mass is 9.89. The molecule has 1 aliphatic heterocycles. The van der Waals surface area contributed by atoms with Crippen LogP contribution in [0, 0.1) is 13.8 Å². The van der Waals surface area contributed by atoms with Crippen molar-refractivity contribution >= 4 is 27.2 Å². The molecular formula is C12H21N5O2S2. The Morgan fingerprint density at radius 1 is 1.43 bits per heavy atom. The number of nitrogens with zero attached hydrogens (tertiary/aromatic N) is 2. The number of hydrogen-bond acceptors (Lipinski definition) is 5. The molecule has 21 heavy (non-hydrogen) atoms. The Kier molecular flexibility index (Phi) is 4.39. The van der Waals surface area contributed by atoms with Gasteiger partial charge in [-0.2, -0.15) is 9.82 Å². The van der Waals surface area contributed by atoms with Gasteiger partial charge in [-0.25, -0.2) is 8.42 Å². The number of nitrogens with two attached hydrogens (primary N) is 1. The van der Waals surface area contributed by atoms with Crippen LogP contribution in [0.15, 0.2) is 4.90 Å². The second-order valence-corrected chi connectivity index (χ2v) is 7.68. The van der Waals surface area contributed by atoms with Gasteiger partial charge in [-0.15, -0.1) is 0 Å². The zero-order chi connectivity index (χ0) is 15.8. The average molecular weight is 331 g/mol. The zero-order valence-corrected chi connectivity index (χ0v) is 14.1. The molecule has 1 aliphatic rings. The van der Waals surface area contributed by atoms with E-state index in [9.17, 15) is 8.42 Å². The Morgan fingerprint density at radius 3 is 2.43 bits per heavy atom. The molecule has 1 saturated heterocycles. The van der Waals surface area contributed by atoms with E-state index in [2.05, 4.69) is 19.8 Å². The standard InChI is InChI=1S/C12H21N5O2S2/c1-8-10(9(2)15-14-8)21(18,19)16-12(11(13)20)4-6-17(3)7-5-12/h16H,4-7H2,1-3H3,(H2,13,20)(H,14,15). The summed E-state index contributed by atoms with van der Waals surface area (Å²) in [6.45, 7) is 4.81. The van der Waals surface area contributed by atoms with Gasteiger partial charge in [0.15, 0.2) is 0 Å². The number of aromatic nitrogens is 2. The molecule has 1 aromatic rings. The van der Waals surface area contributed by atoms with E-state index < -0.39 is 15.6 Å². The van der Waals surface area contributed by atoms with E-state index in [1.54, 1.807) is 13.8 Å². The normalized spacial score (nSPS) is 19.6. The lowest BCUT2D eigenvalue weighted by Gasteiger charge is -2.40. The van der Waals surface area contributed by atoms with Crippen molar-refractivity contribution in [2.45, 2.75) is 37.1 Å². The Hall–Kier alpha value is -1.03. The van der Waals surface area contributed by atoms with Crippen LogP contribution in [-0.4, -0.2) is 54.2 Å². The number of aryl methyl sites for hydroxylation is 2. The molecule has 1 aromatic heterocycles. The predicted octanol–water partition coefficient (Wildman–Crippen LogP) is 0.0553. The fourth-order valence-electron chi connectivity index (χ4n) is 2.64. The van der Waals surface area contributed by atoms with Gasteiger partial charge in [-0.1, -0.05) is 12.2 Å². The Labute approximate surface area is 130 Å². The van der Waals surface area contributed by atoms with Crippen molar-refractivity contribution in [2.24, 2.45) is 5.73 Å².